The number of anilines is 1. The van der Waals surface area contributed by atoms with Gasteiger partial charge in [0.1, 0.15) is 5.82 Å². The van der Waals surface area contributed by atoms with Gasteiger partial charge in [-0.1, -0.05) is 18.2 Å². The molecule has 0 heterocycles. The summed E-state index contributed by atoms with van der Waals surface area (Å²) in [7, 11) is 0. The van der Waals surface area contributed by atoms with Gasteiger partial charge in [0.15, 0.2) is 0 Å². The fourth-order valence-corrected chi connectivity index (χ4v) is 2.01. The van der Waals surface area contributed by atoms with E-state index in [-0.39, 0.29) is 11.9 Å². The highest BCUT2D eigenvalue weighted by Crippen LogP contribution is 2.21. The molecular weight excluding hydrogens is 239 g/mol. The van der Waals surface area contributed by atoms with Crippen molar-refractivity contribution in [1.29, 1.82) is 0 Å². The highest BCUT2D eigenvalue weighted by atomic mass is 19.1. The monoisotopic (exact) mass is 258 g/mol. The molecule has 3 heteroatoms. The van der Waals surface area contributed by atoms with Crippen LogP contribution in [0.15, 0.2) is 42.5 Å². The minimum atomic E-state index is -0.235. The van der Waals surface area contributed by atoms with Crippen LogP contribution in [-0.4, -0.2) is 6.54 Å². The van der Waals surface area contributed by atoms with Crippen LogP contribution in [0.2, 0.25) is 0 Å². The lowest BCUT2D eigenvalue weighted by atomic mass is 10.0. The minimum Gasteiger partial charge on any atom is -0.377 e. The smallest absolute Gasteiger partial charge is 0.123 e. The summed E-state index contributed by atoms with van der Waals surface area (Å²) in [4.78, 5) is 0. The molecule has 0 aliphatic carbocycles. The van der Waals surface area contributed by atoms with Crippen molar-refractivity contribution >= 4 is 5.69 Å². The Kier molecular flexibility index (Phi) is 4.17. The standard InChI is InChI=1S/C16H19FN2/c1-11-3-4-13(9-12(11)2)16(10-18)19-15-7-5-14(17)6-8-15/h3-9,16,19H,10,18H2,1-2H3. The highest BCUT2D eigenvalue weighted by Gasteiger charge is 2.10. The van der Waals surface area contributed by atoms with Crippen LogP contribution in [0.3, 0.4) is 0 Å². The van der Waals surface area contributed by atoms with Gasteiger partial charge in [0.25, 0.3) is 0 Å². The van der Waals surface area contributed by atoms with Crippen molar-refractivity contribution in [3.8, 4) is 0 Å². The normalized spacial score (nSPS) is 12.2. The number of rotatable bonds is 4. The molecule has 1 atom stereocenters. The first-order valence-corrected chi connectivity index (χ1v) is 6.39. The molecule has 0 aromatic heterocycles. The molecule has 3 N–H and O–H groups in total. The third kappa shape index (κ3) is 3.32. The molecule has 2 rings (SSSR count). The first-order valence-electron chi connectivity index (χ1n) is 6.39. The van der Waals surface area contributed by atoms with Crippen molar-refractivity contribution in [2.24, 2.45) is 5.73 Å². The van der Waals surface area contributed by atoms with Crippen LogP contribution < -0.4 is 11.1 Å². The third-order valence-electron chi connectivity index (χ3n) is 3.35. The minimum absolute atomic E-state index is 0.0322. The number of aryl methyl sites for hydroxylation is 2. The molecule has 0 fully saturated rings. The van der Waals surface area contributed by atoms with Gasteiger partial charge in [0.2, 0.25) is 0 Å². The summed E-state index contributed by atoms with van der Waals surface area (Å²) in [6.45, 7) is 4.66. The Balaban J connectivity index is 2.19. The van der Waals surface area contributed by atoms with E-state index in [1.807, 2.05) is 0 Å². The highest BCUT2D eigenvalue weighted by molar-refractivity contribution is 5.46. The van der Waals surface area contributed by atoms with Crippen molar-refractivity contribution in [2.45, 2.75) is 19.9 Å². The zero-order valence-corrected chi connectivity index (χ0v) is 11.3. The summed E-state index contributed by atoms with van der Waals surface area (Å²) in [6.07, 6.45) is 0. The van der Waals surface area contributed by atoms with Gasteiger partial charge in [-0.3, -0.25) is 0 Å². The number of hydrogen-bond donors (Lipinski definition) is 2. The van der Waals surface area contributed by atoms with E-state index < -0.39 is 0 Å². The lowest BCUT2D eigenvalue weighted by Gasteiger charge is -2.19. The molecule has 0 bridgehead atoms. The van der Waals surface area contributed by atoms with Gasteiger partial charge in [0, 0.05) is 12.2 Å². The molecule has 19 heavy (non-hydrogen) atoms. The van der Waals surface area contributed by atoms with E-state index in [4.69, 9.17) is 5.73 Å². The van der Waals surface area contributed by atoms with Crippen molar-refractivity contribution in [1.82, 2.24) is 0 Å². The van der Waals surface area contributed by atoms with E-state index >= 15 is 0 Å². The number of nitrogens with one attached hydrogen (secondary N) is 1. The molecule has 2 aromatic rings. The first-order chi connectivity index (χ1) is 9.10. The Bertz CT molecular complexity index is 549. The van der Waals surface area contributed by atoms with E-state index in [1.54, 1.807) is 12.1 Å². The number of nitrogens with two attached hydrogens (primary N) is 1. The SMILES string of the molecule is Cc1ccc(C(CN)Nc2ccc(F)cc2)cc1C. The molecule has 2 aromatic carbocycles. The predicted octanol–water partition coefficient (Wildman–Crippen LogP) is 3.55. The van der Waals surface area contributed by atoms with Crippen LogP contribution in [0.1, 0.15) is 22.7 Å². The molecular formula is C16H19FN2. The van der Waals surface area contributed by atoms with Gasteiger partial charge in [-0.25, -0.2) is 4.39 Å². The van der Waals surface area contributed by atoms with Crippen LogP contribution in [0.4, 0.5) is 10.1 Å². The maximum atomic E-state index is 12.9. The average Bonchev–Trinajstić information content (AvgIpc) is 2.41. The van der Waals surface area contributed by atoms with Crippen molar-refractivity contribution in [3.05, 3.63) is 65.0 Å². The summed E-state index contributed by atoms with van der Waals surface area (Å²) in [5.74, 6) is -0.235. The molecule has 0 radical (unpaired) electrons. The van der Waals surface area contributed by atoms with Crippen LogP contribution >= 0.6 is 0 Å². The number of benzene rings is 2. The fraction of sp³-hybridized carbons (Fsp3) is 0.250. The fourth-order valence-electron chi connectivity index (χ4n) is 2.01. The predicted molar refractivity (Wildman–Crippen MR) is 77.7 cm³/mol. The van der Waals surface area contributed by atoms with Gasteiger partial charge >= 0.3 is 0 Å². The molecule has 0 aliphatic heterocycles. The van der Waals surface area contributed by atoms with Crippen LogP contribution in [0.25, 0.3) is 0 Å². The molecule has 0 aliphatic rings. The molecule has 0 amide bonds. The summed E-state index contributed by atoms with van der Waals surface area (Å²) in [6, 6.07) is 12.7. The van der Waals surface area contributed by atoms with E-state index in [9.17, 15) is 4.39 Å². The second-order valence-corrected chi connectivity index (χ2v) is 4.78. The second-order valence-electron chi connectivity index (χ2n) is 4.78. The van der Waals surface area contributed by atoms with Crippen LogP contribution in [-0.2, 0) is 0 Å². The van der Waals surface area contributed by atoms with Crippen molar-refractivity contribution in [3.63, 3.8) is 0 Å². The van der Waals surface area contributed by atoms with E-state index in [0.717, 1.165) is 11.3 Å². The third-order valence-corrected chi connectivity index (χ3v) is 3.35. The van der Waals surface area contributed by atoms with Crippen molar-refractivity contribution < 1.29 is 4.39 Å². The first kappa shape index (κ1) is 13.6. The quantitative estimate of drug-likeness (QED) is 0.880. The Morgan fingerprint density at radius 2 is 1.74 bits per heavy atom. The van der Waals surface area contributed by atoms with Gasteiger partial charge < -0.3 is 11.1 Å². The van der Waals surface area contributed by atoms with Crippen LogP contribution in [0.5, 0.6) is 0 Å². The summed E-state index contributed by atoms with van der Waals surface area (Å²) >= 11 is 0. The van der Waals surface area contributed by atoms with E-state index in [1.165, 1.54) is 23.3 Å². The zero-order chi connectivity index (χ0) is 13.8. The van der Waals surface area contributed by atoms with E-state index in [0.29, 0.717) is 6.54 Å². The number of hydrogen-bond acceptors (Lipinski definition) is 2. The lowest BCUT2D eigenvalue weighted by molar-refractivity contribution is 0.628. The Morgan fingerprint density at radius 1 is 1.05 bits per heavy atom. The molecule has 1 unspecified atom stereocenters. The van der Waals surface area contributed by atoms with Gasteiger partial charge in [-0.2, -0.15) is 0 Å². The zero-order valence-electron chi connectivity index (χ0n) is 11.3. The topological polar surface area (TPSA) is 38.0 Å². The summed E-state index contributed by atoms with van der Waals surface area (Å²) < 4.78 is 12.9. The van der Waals surface area contributed by atoms with Gasteiger partial charge in [-0.05, 0) is 54.8 Å². The largest absolute Gasteiger partial charge is 0.377 e. The molecule has 0 saturated heterocycles. The van der Waals surface area contributed by atoms with Gasteiger partial charge in [0.05, 0.1) is 6.04 Å². The molecule has 0 saturated carbocycles. The summed E-state index contributed by atoms with van der Waals surface area (Å²) in [5.41, 5.74) is 10.4. The van der Waals surface area contributed by atoms with Gasteiger partial charge in [-0.15, -0.1) is 0 Å². The van der Waals surface area contributed by atoms with Crippen molar-refractivity contribution in [2.75, 3.05) is 11.9 Å². The van der Waals surface area contributed by atoms with E-state index in [2.05, 4.69) is 37.4 Å². The second kappa shape index (κ2) is 5.85. The lowest BCUT2D eigenvalue weighted by Crippen LogP contribution is -2.20. The Labute approximate surface area is 113 Å². The average molecular weight is 258 g/mol. The molecule has 100 valence electrons. The summed E-state index contributed by atoms with van der Waals surface area (Å²) in [5, 5.41) is 3.33. The number of halogens is 1. The van der Waals surface area contributed by atoms with Crippen LogP contribution in [0, 0.1) is 19.7 Å². The maximum Gasteiger partial charge on any atom is 0.123 e. The Hall–Kier alpha value is -1.87. The maximum absolute atomic E-state index is 12.9. The molecule has 2 nitrogen and oxygen atoms in total. The molecule has 0 spiro atoms. The Morgan fingerprint density at radius 3 is 2.32 bits per heavy atom.